The van der Waals surface area contributed by atoms with Crippen LogP contribution in [0.25, 0.3) is 0 Å². The maximum atomic E-state index is 10.3. The number of aliphatic hydroxyl groups is 1. The molecule has 4 heteroatoms. The van der Waals surface area contributed by atoms with E-state index in [2.05, 4.69) is 0 Å². The highest BCUT2D eigenvalue weighted by molar-refractivity contribution is 6.31. The van der Waals surface area contributed by atoms with Crippen molar-refractivity contribution in [2.24, 2.45) is 0 Å². The van der Waals surface area contributed by atoms with E-state index >= 15 is 0 Å². The summed E-state index contributed by atoms with van der Waals surface area (Å²) in [6.45, 7) is 0. The summed E-state index contributed by atoms with van der Waals surface area (Å²) in [6.07, 6.45) is -1.37. The third-order valence-electron chi connectivity index (χ3n) is 1.63. The van der Waals surface area contributed by atoms with Crippen LogP contribution in [0.15, 0.2) is 24.3 Å². The first-order valence-corrected chi connectivity index (χ1v) is 4.13. The normalized spacial score (nSPS) is 12.5. The summed E-state index contributed by atoms with van der Waals surface area (Å²) < 4.78 is 0. The van der Waals surface area contributed by atoms with E-state index in [4.69, 9.17) is 16.7 Å². The smallest absolute Gasteiger partial charge is 0.306 e. The molecule has 1 aromatic rings. The molecule has 0 saturated carbocycles. The Hall–Kier alpha value is -1.06. The molecule has 0 spiro atoms. The van der Waals surface area contributed by atoms with Crippen molar-refractivity contribution in [2.45, 2.75) is 12.5 Å². The van der Waals surface area contributed by atoms with E-state index in [0.29, 0.717) is 10.6 Å². The number of benzene rings is 1. The topological polar surface area (TPSA) is 57.5 Å². The molecule has 0 aromatic heterocycles. The lowest BCUT2D eigenvalue weighted by Gasteiger charge is -2.09. The molecule has 2 N–H and O–H groups in total. The molecule has 0 aliphatic carbocycles. The lowest BCUT2D eigenvalue weighted by atomic mass is 10.1. The number of aliphatic hydroxyl groups excluding tert-OH is 1. The van der Waals surface area contributed by atoms with E-state index in [1.807, 2.05) is 0 Å². The van der Waals surface area contributed by atoms with E-state index < -0.39 is 12.1 Å². The molecule has 0 amide bonds. The quantitative estimate of drug-likeness (QED) is 0.783. The molecule has 1 rings (SSSR count). The van der Waals surface area contributed by atoms with Crippen molar-refractivity contribution in [1.82, 2.24) is 0 Å². The van der Waals surface area contributed by atoms with Gasteiger partial charge in [-0.25, -0.2) is 0 Å². The third-order valence-corrected chi connectivity index (χ3v) is 1.98. The average Bonchev–Trinajstić information content (AvgIpc) is 2.03. The van der Waals surface area contributed by atoms with E-state index in [1.165, 1.54) is 0 Å². The molecule has 0 aliphatic rings. The van der Waals surface area contributed by atoms with E-state index in [1.54, 1.807) is 24.3 Å². The van der Waals surface area contributed by atoms with Gasteiger partial charge in [0.25, 0.3) is 0 Å². The van der Waals surface area contributed by atoms with Gasteiger partial charge < -0.3 is 10.2 Å². The number of rotatable bonds is 3. The fourth-order valence-electron chi connectivity index (χ4n) is 1.02. The number of carbonyl (C=O) groups is 1. The van der Waals surface area contributed by atoms with E-state index in [9.17, 15) is 9.90 Å². The summed E-state index contributed by atoms with van der Waals surface area (Å²) in [6, 6.07) is 6.64. The van der Waals surface area contributed by atoms with Gasteiger partial charge in [-0.2, -0.15) is 0 Å². The standard InChI is InChI=1S/C9H9ClO3/c10-7-4-2-1-3-6(7)8(11)5-9(12)13/h1-4,8,11H,5H2,(H,12,13)/t8-/m1/s1. The van der Waals surface area contributed by atoms with Crippen molar-refractivity contribution in [3.8, 4) is 0 Å². The first-order valence-electron chi connectivity index (χ1n) is 3.75. The molecule has 3 nitrogen and oxygen atoms in total. The molecule has 70 valence electrons. The fourth-order valence-corrected chi connectivity index (χ4v) is 1.28. The zero-order valence-electron chi connectivity index (χ0n) is 6.77. The SMILES string of the molecule is O=C(O)C[C@@H](O)c1ccccc1Cl. The number of carboxylic acid groups (broad SMARTS) is 1. The molecule has 0 aliphatic heterocycles. The van der Waals surface area contributed by atoms with Crippen molar-refractivity contribution in [2.75, 3.05) is 0 Å². The molecule has 0 heterocycles. The van der Waals surface area contributed by atoms with Gasteiger partial charge >= 0.3 is 5.97 Å². The summed E-state index contributed by atoms with van der Waals surface area (Å²) in [4.78, 5) is 10.3. The van der Waals surface area contributed by atoms with Crippen molar-refractivity contribution in [3.05, 3.63) is 34.9 Å². The van der Waals surface area contributed by atoms with Gasteiger partial charge in [0.15, 0.2) is 0 Å². The summed E-state index contributed by atoms with van der Waals surface area (Å²) in [5.41, 5.74) is 0.451. The molecule has 0 radical (unpaired) electrons. The molecule has 1 atom stereocenters. The van der Waals surface area contributed by atoms with E-state index in [0.717, 1.165) is 0 Å². The summed E-state index contributed by atoms with van der Waals surface area (Å²) in [5.74, 6) is -1.05. The Labute approximate surface area is 80.6 Å². The van der Waals surface area contributed by atoms with Crippen LogP contribution in [-0.4, -0.2) is 16.2 Å². The molecule has 0 fully saturated rings. The summed E-state index contributed by atoms with van der Waals surface area (Å²) >= 11 is 5.75. The van der Waals surface area contributed by atoms with Gasteiger partial charge in [0.1, 0.15) is 0 Å². The van der Waals surface area contributed by atoms with Crippen LogP contribution in [0.1, 0.15) is 18.1 Å². The maximum absolute atomic E-state index is 10.3. The molecule has 0 saturated heterocycles. The van der Waals surface area contributed by atoms with Crippen molar-refractivity contribution in [1.29, 1.82) is 0 Å². The van der Waals surface area contributed by atoms with Crippen LogP contribution in [0.5, 0.6) is 0 Å². The zero-order chi connectivity index (χ0) is 9.84. The zero-order valence-corrected chi connectivity index (χ0v) is 7.53. The van der Waals surface area contributed by atoms with Crippen LogP contribution >= 0.6 is 11.6 Å². The van der Waals surface area contributed by atoms with Crippen LogP contribution in [0, 0.1) is 0 Å². The minimum atomic E-state index is -1.05. The van der Waals surface area contributed by atoms with Gasteiger partial charge in [-0.1, -0.05) is 29.8 Å². The van der Waals surface area contributed by atoms with Crippen LogP contribution in [-0.2, 0) is 4.79 Å². The highest BCUT2D eigenvalue weighted by Crippen LogP contribution is 2.24. The fraction of sp³-hybridized carbons (Fsp3) is 0.222. The molecular weight excluding hydrogens is 192 g/mol. The maximum Gasteiger partial charge on any atom is 0.306 e. The number of aliphatic carboxylic acids is 1. The lowest BCUT2D eigenvalue weighted by molar-refractivity contribution is -0.139. The van der Waals surface area contributed by atoms with Crippen molar-refractivity contribution >= 4 is 17.6 Å². The lowest BCUT2D eigenvalue weighted by Crippen LogP contribution is -2.05. The Morgan fingerprint density at radius 1 is 1.46 bits per heavy atom. The van der Waals surface area contributed by atoms with Crippen molar-refractivity contribution in [3.63, 3.8) is 0 Å². The Kier molecular flexibility index (Phi) is 3.28. The largest absolute Gasteiger partial charge is 0.481 e. The van der Waals surface area contributed by atoms with Crippen LogP contribution in [0.3, 0.4) is 0 Å². The van der Waals surface area contributed by atoms with Gasteiger partial charge in [-0.15, -0.1) is 0 Å². The Morgan fingerprint density at radius 3 is 2.62 bits per heavy atom. The third kappa shape index (κ3) is 2.72. The summed E-state index contributed by atoms with van der Waals surface area (Å²) in [5, 5.41) is 18.2. The first kappa shape index (κ1) is 10.0. The Morgan fingerprint density at radius 2 is 2.08 bits per heavy atom. The summed E-state index contributed by atoms with van der Waals surface area (Å²) in [7, 11) is 0. The average molecular weight is 201 g/mol. The van der Waals surface area contributed by atoms with Gasteiger partial charge in [0, 0.05) is 5.02 Å². The molecule has 13 heavy (non-hydrogen) atoms. The number of halogens is 1. The highest BCUT2D eigenvalue weighted by atomic mass is 35.5. The molecule has 1 aromatic carbocycles. The number of hydrogen-bond acceptors (Lipinski definition) is 2. The monoisotopic (exact) mass is 200 g/mol. The molecule has 0 unspecified atom stereocenters. The minimum Gasteiger partial charge on any atom is -0.481 e. The van der Waals surface area contributed by atoms with Crippen LogP contribution in [0.4, 0.5) is 0 Å². The van der Waals surface area contributed by atoms with Gasteiger partial charge in [0.2, 0.25) is 0 Å². The molecular formula is C9H9ClO3. The predicted molar refractivity (Wildman–Crippen MR) is 48.7 cm³/mol. The molecule has 0 bridgehead atoms. The van der Waals surface area contributed by atoms with Crippen LogP contribution < -0.4 is 0 Å². The van der Waals surface area contributed by atoms with Gasteiger partial charge in [-0.05, 0) is 11.6 Å². The van der Waals surface area contributed by atoms with Crippen molar-refractivity contribution < 1.29 is 15.0 Å². The first-order chi connectivity index (χ1) is 6.11. The number of hydrogen-bond donors (Lipinski definition) is 2. The highest BCUT2D eigenvalue weighted by Gasteiger charge is 2.14. The Bertz CT molecular complexity index is 311. The Balaban J connectivity index is 2.82. The van der Waals surface area contributed by atoms with E-state index in [-0.39, 0.29) is 6.42 Å². The number of carboxylic acids is 1. The van der Waals surface area contributed by atoms with Gasteiger partial charge in [0.05, 0.1) is 12.5 Å². The predicted octanol–water partition coefficient (Wildman–Crippen LogP) is 1.85. The second-order valence-corrected chi connectivity index (χ2v) is 3.04. The van der Waals surface area contributed by atoms with Gasteiger partial charge in [-0.3, -0.25) is 4.79 Å². The van der Waals surface area contributed by atoms with Crippen LogP contribution in [0.2, 0.25) is 5.02 Å². The minimum absolute atomic E-state index is 0.330. The second kappa shape index (κ2) is 4.25. The second-order valence-electron chi connectivity index (χ2n) is 2.64.